The summed E-state index contributed by atoms with van der Waals surface area (Å²) in [5.74, 6) is 0.845. The number of benzene rings is 1. The minimum atomic E-state index is -0.0464. The fourth-order valence-electron chi connectivity index (χ4n) is 3.10. The molecule has 0 aliphatic carbocycles. The molecule has 1 aliphatic heterocycles. The van der Waals surface area contributed by atoms with Crippen LogP contribution < -0.4 is 14.4 Å². The van der Waals surface area contributed by atoms with Crippen LogP contribution in [0.2, 0.25) is 0 Å². The molecular weight excluding hydrogens is 332 g/mol. The number of hydrogen-bond donors (Lipinski definition) is 0. The van der Waals surface area contributed by atoms with Crippen LogP contribution in [-0.2, 0) is 0 Å². The van der Waals surface area contributed by atoms with E-state index >= 15 is 0 Å². The molecule has 3 rings (SSSR count). The predicted octanol–water partition coefficient (Wildman–Crippen LogP) is 1.93. The standard InChI is InChI=1S/C19H20N4O3/c1-25-17-6-4-3-5-14(17)19(24)23-11-9-22(10-12-23)16-7-8-21-18(26-2)15(16)13-20/h3-8H,9-12H2,1-2H3. The Kier molecular flexibility index (Phi) is 5.23. The van der Waals surface area contributed by atoms with Gasteiger partial charge in [-0.15, -0.1) is 0 Å². The van der Waals surface area contributed by atoms with E-state index in [1.54, 1.807) is 36.4 Å². The summed E-state index contributed by atoms with van der Waals surface area (Å²) in [5, 5.41) is 9.43. The van der Waals surface area contributed by atoms with E-state index in [1.165, 1.54) is 7.11 Å². The van der Waals surface area contributed by atoms with Gasteiger partial charge in [0.1, 0.15) is 17.4 Å². The second-order valence-corrected chi connectivity index (χ2v) is 5.81. The summed E-state index contributed by atoms with van der Waals surface area (Å²) in [4.78, 5) is 20.7. The molecule has 2 heterocycles. The van der Waals surface area contributed by atoms with E-state index < -0.39 is 0 Å². The van der Waals surface area contributed by atoms with Crippen LogP contribution in [0.15, 0.2) is 36.5 Å². The first-order valence-electron chi connectivity index (χ1n) is 8.30. The van der Waals surface area contributed by atoms with Crippen molar-refractivity contribution in [3.05, 3.63) is 47.7 Å². The van der Waals surface area contributed by atoms with Gasteiger partial charge in [-0.05, 0) is 18.2 Å². The molecule has 26 heavy (non-hydrogen) atoms. The molecule has 7 nitrogen and oxygen atoms in total. The van der Waals surface area contributed by atoms with E-state index in [0.29, 0.717) is 48.9 Å². The zero-order valence-corrected chi connectivity index (χ0v) is 14.8. The molecule has 1 aromatic heterocycles. The fourth-order valence-corrected chi connectivity index (χ4v) is 3.10. The molecule has 0 atom stereocenters. The average molecular weight is 352 g/mol. The van der Waals surface area contributed by atoms with Crippen molar-refractivity contribution in [1.82, 2.24) is 9.88 Å². The molecule has 0 unspecified atom stereocenters. The number of nitrogens with zero attached hydrogens (tertiary/aromatic N) is 4. The van der Waals surface area contributed by atoms with Crippen LogP contribution in [0.1, 0.15) is 15.9 Å². The zero-order chi connectivity index (χ0) is 18.5. The van der Waals surface area contributed by atoms with Crippen molar-refractivity contribution < 1.29 is 14.3 Å². The second kappa shape index (κ2) is 7.74. The van der Waals surface area contributed by atoms with Crippen LogP contribution in [0.5, 0.6) is 11.6 Å². The SMILES string of the molecule is COc1ccccc1C(=O)N1CCN(c2ccnc(OC)c2C#N)CC1. The molecule has 7 heteroatoms. The maximum Gasteiger partial charge on any atom is 0.257 e. The molecule has 2 aromatic rings. The molecule has 0 saturated carbocycles. The number of methoxy groups -OCH3 is 2. The van der Waals surface area contributed by atoms with Gasteiger partial charge < -0.3 is 19.3 Å². The van der Waals surface area contributed by atoms with Gasteiger partial charge in [-0.1, -0.05) is 12.1 Å². The van der Waals surface area contributed by atoms with Gasteiger partial charge in [0.15, 0.2) is 0 Å². The summed E-state index contributed by atoms with van der Waals surface area (Å²) in [5.41, 5.74) is 1.76. The Morgan fingerprint density at radius 1 is 1.12 bits per heavy atom. The third-order valence-electron chi connectivity index (χ3n) is 4.44. The van der Waals surface area contributed by atoms with Crippen LogP contribution in [-0.4, -0.2) is 56.2 Å². The molecule has 1 saturated heterocycles. The van der Waals surface area contributed by atoms with E-state index in [9.17, 15) is 10.1 Å². The molecule has 0 radical (unpaired) electrons. The number of carbonyl (C=O) groups excluding carboxylic acids is 1. The number of aromatic nitrogens is 1. The van der Waals surface area contributed by atoms with Gasteiger partial charge in [-0.25, -0.2) is 4.98 Å². The van der Waals surface area contributed by atoms with Crippen LogP contribution in [0.25, 0.3) is 0 Å². The highest BCUT2D eigenvalue weighted by molar-refractivity contribution is 5.97. The Hall–Kier alpha value is -3.27. The van der Waals surface area contributed by atoms with Crippen molar-refractivity contribution >= 4 is 11.6 Å². The first kappa shape index (κ1) is 17.5. The smallest absolute Gasteiger partial charge is 0.257 e. The normalized spacial score (nSPS) is 13.9. The predicted molar refractivity (Wildman–Crippen MR) is 96.6 cm³/mol. The quantitative estimate of drug-likeness (QED) is 0.837. The summed E-state index contributed by atoms with van der Waals surface area (Å²) < 4.78 is 10.5. The number of piperazine rings is 1. The third-order valence-corrected chi connectivity index (χ3v) is 4.44. The molecule has 1 aromatic carbocycles. The van der Waals surface area contributed by atoms with Gasteiger partial charge in [-0.3, -0.25) is 4.79 Å². The molecule has 0 N–H and O–H groups in total. The van der Waals surface area contributed by atoms with E-state index in [4.69, 9.17) is 9.47 Å². The number of carbonyl (C=O) groups is 1. The van der Waals surface area contributed by atoms with Gasteiger partial charge in [-0.2, -0.15) is 5.26 Å². The van der Waals surface area contributed by atoms with Crippen molar-refractivity contribution in [1.29, 1.82) is 5.26 Å². The highest BCUT2D eigenvalue weighted by Crippen LogP contribution is 2.28. The summed E-state index contributed by atoms with van der Waals surface area (Å²) in [6.45, 7) is 2.38. The van der Waals surface area contributed by atoms with Gasteiger partial charge in [0, 0.05) is 32.4 Å². The molecule has 1 amide bonds. The lowest BCUT2D eigenvalue weighted by atomic mass is 10.1. The maximum atomic E-state index is 12.8. The van der Waals surface area contributed by atoms with Crippen LogP contribution in [0.4, 0.5) is 5.69 Å². The second-order valence-electron chi connectivity index (χ2n) is 5.81. The van der Waals surface area contributed by atoms with Crippen molar-refractivity contribution in [2.24, 2.45) is 0 Å². The molecule has 1 aliphatic rings. The number of rotatable bonds is 4. The lowest BCUT2D eigenvalue weighted by molar-refractivity contribution is 0.0743. The minimum absolute atomic E-state index is 0.0464. The molecule has 1 fully saturated rings. The number of ether oxygens (including phenoxy) is 2. The maximum absolute atomic E-state index is 12.8. The topological polar surface area (TPSA) is 78.7 Å². The lowest BCUT2D eigenvalue weighted by Gasteiger charge is -2.36. The zero-order valence-electron chi connectivity index (χ0n) is 14.8. The summed E-state index contributed by atoms with van der Waals surface area (Å²) in [6, 6.07) is 11.2. The monoisotopic (exact) mass is 352 g/mol. The first-order chi connectivity index (χ1) is 12.7. The Balaban J connectivity index is 1.74. The fraction of sp³-hybridized carbons (Fsp3) is 0.316. The molecule has 0 bridgehead atoms. The minimum Gasteiger partial charge on any atom is -0.496 e. The van der Waals surface area contributed by atoms with Crippen molar-refractivity contribution in [3.8, 4) is 17.7 Å². The number of nitriles is 1. The first-order valence-corrected chi connectivity index (χ1v) is 8.30. The van der Waals surface area contributed by atoms with Gasteiger partial charge in [0.05, 0.1) is 25.5 Å². The van der Waals surface area contributed by atoms with Crippen molar-refractivity contribution in [2.75, 3.05) is 45.3 Å². The van der Waals surface area contributed by atoms with E-state index in [-0.39, 0.29) is 5.91 Å². The Bertz CT molecular complexity index is 839. The van der Waals surface area contributed by atoms with Crippen LogP contribution >= 0.6 is 0 Å². The van der Waals surface area contributed by atoms with Crippen molar-refractivity contribution in [2.45, 2.75) is 0 Å². The highest BCUT2D eigenvalue weighted by atomic mass is 16.5. The number of hydrogen-bond acceptors (Lipinski definition) is 6. The highest BCUT2D eigenvalue weighted by Gasteiger charge is 2.26. The summed E-state index contributed by atoms with van der Waals surface area (Å²) in [7, 11) is 3.06. The Labute approximate surface area is 152 Å². The molecule has 134 valence electrons. The van der Waals surface area contributed by atoms with Gasteiger partial charge >= 0.3 is 0 Å². The van der Waals surface area contributed by atoms with E-state index in [0.717, 1.165) is 5.69 Å². The third kappa shape index (κ3) is 3.26. The average Bonchev–Trinajstić information content (AvgIpc) is 2.72. The van der Waals surface area contributed by atoms with Gasteiger partial charge in [0.2, 0.25) is 5.88 Å². The number of amides is 1. The summed E-state index contributed by atoms with van der Waals surface area (Å²) >= 11 is 0. The van der Waals surface area contributed by atoms with Crippen LogP contribution in [0, 0.1) is 11.3 Å². The lowest BCUT2D eigenvalue weighted by Crippen LogP contribution is -2.49. The van der Waals surface area contributed by atoms with Crippen molar-refractivity contribution in [3.63, 3.8) is 0 Å². The Morgan fingerprint density at radius 3 is 2.50 bits per heavy atom. The molecular formula is C19H20N4O3. The van der Waals surface area contributed by atoms with E-state index in [2.05, 4.69) is 16.0 Å². The number of pyridine rings is 1. The van der Waals surface area contributed by atoms with Crippen LogP contribution in [0.3, 0.4) is 0 Å². The molecule has 0 spiro atoms. The van der Waals surface area contributed by atoms with E-state index in [1.807, 2.05) is 12.1 Å². The largest absolute Gasteiger partial charge is 0.496 e. The number of anilines is 1. The Morgan fingerprint density at radius 2 is 1.85 bits per heavy atom. The number of para-hydroxylation sites is 1. The van der Waals surface area contributed by atoms with Gasteiger partial charge in [0.25, 0.3) is 5.91 Å². The summed E-state index contributed by atoms with van der Waals surface area (Å²) in [6.07, 6.45) is 1.63.